The van der Waals surface area contributed by atoms with Crippen LogP contribution in [-0.2, 0) is 10.0 Å². The van der Waals surface area contributed by atoms with E-state index in [-0.39, 0.29) is 27.2 Å². The zero-order valence-corrected chi connectivity index (χ0v) is 19.9. The van der Waals surface area contributed by atoms with E-state index in [1.165, 1.54) is 28.6 Å². The number of nitrogens with one attached hydrogen (secondary N) is 1. The first-order valence-electron chi connectivity index (χ1n) is 10.2. The second-order valence-electron chi connectivity index (χ2n) is 7.86. The molecule has 1 aliphatic heterocycles. The second kappa shape index (κ2) is 9.22. The predicted octanol–water partition coefficient (Wildman–Crippen LogP) is 1.32. The summed E-state index contributed by atoms with van der Waals surface area (Å²) in [7, 11) is -2.02. The number of aromatic amines is 1. The van der Waals surface area contributed by atoms with E-state index >= 15 is 0 Å². The SMILES string of the molecule is Cc1cc(-n2ncc(=O)[nH]c2=O)cc(Cl)c1Oc1ccc(O)c(S(=O)(=O)N2CCN(C)CC2)c1. The largest absolute Gasteiger partial charge is 0.507 e. The van der Waals surface area contributed by atoms with Gasteiger partial charge in [-0.15, -0.1) is 0 Å². The molecule has 2 aromatic carbocycles. The normalized spacial score (nSPS) is 15.4. The molecule has 0 aliphatic carbocycles. The van der Waals surface area contributed by atoms with Crippen LogP contribution < -0.4 is 16.0 Å². The number of sulfonamides is 1. The highest BCUT2D eigenvalue weighted by Crippen LogP contribution is 2.37. The number of ether oxygens (including phenoxy) is 1. The average Bonchev–Trinajstić information content (AvgIpc) is 2.77. The molecule has 2 N–H and O–H groups in total. The van der Waals surface area contributed by atoms with Gasteiger partial charge in [0, 0.05) is 32.2 Å². The van der Waals surface area contributed by atoms with Crippen molar-refractivity contribution in [3.05, 3.63) is 68.0 Å². The van der Waals surface area contributed by atoms with Crippen molar-refractivity contribution in [2.24, 2.45) is 0 Å². The van der Waals surface area contributed by atoms with Gasteiger partial charge < -0.3 is 14.7 Å². The standard InChI is InChI=1S/C21H22ClN5O6S/c1-13-9-14(27-21(30)24-19(29)12-23-27)10-16(22)20(13)33-15-3-4-17(28)18(11-15)34(31,32)26-7-5-25(2)6-8-26/h3-4,9-12,28H,5-8H2,1-2H3,(H,24,29,30). The predicted molar refractivity (Wildman–Crippen MR) is 125 cm³/mol. The topological polar surface area (TPSA) is 138 Å². The summed E-state index contributed by atoms with van der Waals surface area (Å²) in [6.07, 6.45) is 0.966. The van der Waals surface area contributed by atoms with Gasteiger partial charge in [0.25, 0.3) is 5.56 Å². The molecule has 0 saturated carbocycles. The van der Waals surface area contributed by atoms with Gasteiger partial charge in [0.05, 0.1) is 10.7 Å². The number of piperazine rings is 1. The molecule has 34 heavy (non-hydrogen) atoms. The Kier molecular flexibility index (Phi) is 6.49. The first-order valence-corrected chi connectivity index (χ1v) is 12.1. The zero-order chi connectivity index (χ0) is 24.6. The molecule has 0 bridgehead atoms. The van der Waals surface area contributed by atoms with Gasteiger partial charge in [0.2, 0.25) is 10.0 Å². The summed E-state index contributed by atoms with van der Waals surface area (Å²) in [5, 5.41) is 14.2. The summed E-state index contributed by atoms with van der Waals surface area (Å²) in [5.74, 6) is 0.00655. The second-order valence-corrected chi connectivity index (χ2v) is 10.2. The molecule has 2 heterocycles. The van der Waals surface area contributed by atoms with Gasteiger partial charge in [0.15, 0.2) is 0 Å². The number of nitrogens with zero attached hydrogens (tertiary/aromatic N) is 4. The molecule has 4 rings (SSSR count). The highest BCUT2D eigenvalue weighted by atomic mass is 35.5. The van der Waals surface area contributed by atoms with Crippen molar-refractivity contribution in [1.82, 2.24) is 24.0 Å². The van der Waals surface area contributed by atoms with Crippen LogP contribution in [0.25, 0.3) is 5.69 Å². The van der Waals surface area contributed by atoms with Crippen LogP contribution in [0.4, 0.5) is 0 Å². The van der Waals surface area contributed by atoms with Gasteiger partial charge in [-0.3, -0.25) is 9.78 Å². The molecule has 13 heteroatoms. The summed E-state index contributed by atoms with van der Waals surface area (Å²) in [6.45, 7) is 3.49. The molecule has 0 amide bonds. The number of aromatic nitrogens is 3. The Hall–Kier alpha value is -3.19. The van der Waals surface area contributed by atoms with E-state index in [1.54, 1.807) is 13.0 Å². The van der Waals surface area contributed by atoms with E-state index in [9.17, 15) is 23.1 Å². The number of H-pyrrole nitrogens is 1. The van der Waals surface area contributed by atoms with E-state index in [0.29, 0.717) is 37.4 Å². The molecule has 3 aromatic rings. The Morgan fingerprint density at radius 1 is 1.12 bits per heavy atom. The molecule has 1 aromatic heterocycles. The third-order valence-corrected chi connectivity index (χ3v) is 7.61. The fourth-order valence-corrected chi connectivity index (χ4v) is 5.37. The van der Waals surface area contributed by atoms with Crippen molar-refractivity contribution in [1.29, 1.82) is 0 Å². The Morgan fingerprint density at radius 3 is 2.47 bits per heavy atom. The summed E-state index contributed by atoms with van der Waals surface area (Å²) >= 11 is 6.39. The number of aromatic hydroxyl groups is 1. The molecule has 1 fully saturated rings. The summed E-state index contributed by atoms with van der Waals surface area (Å²) in [4.78, 5) is 27.2. The Morgan fingerprint density at radius 2 is 1.82 bits per heavy atom. The lowest BCUT2D eigenvalue weighted by molar-refractivity contribution is 0.222. The van der Waals surface area contributed by atoms with Crippen LogP contribution >= 0.6 is 11.6 Å². The van der Waals surface area contributed by atoms with E-state index in [0.717, 1.165) is 10.9 Å². The molecule has 0 atom stereocenters. The Labute approximate surface area is 199 Å². The number of hydrogen-bond acceptors (Lipinski definition) is 8. The van der Waals surface area contributed by atoms with Crippen LogP contribution in [0.3, 0.4) is 0 Å². The van der Waals surface area contributed by atoms with E-state index < -0.39 is 21.3 Å². The van der Waals surface area contributed by atoms with Crippen molar-refractivity contribution >= 4 is 21.6 Å². The van der Waals surface area contributed by atoms with Gasteiger partial charge >= 0.3 is 5.69 Å². The number of phenols is 1. The molecule has 0 radical (unpaired) electrons. The average molecular weight is 508 g/mol. The fraction of sp³-hybridized carbons (Fsp3) is 0.286. The van der Waals surface area contributed by atoms with E-state index in [4.69, 9.17) is 16.3 Å². The first kappa shape index (κ1) is 24.0. The number of likely N-dealkylation sites (N-methyl/N-ethyl adjacent to an activating group) is 1. The van der Waals surface area contributed by atoms with Crippen LogP contribution in [0, 0.1) is 6.92 Å². The molecule has 1 saturated heterocycles. The van der Waals surface area contributed by atoms with E-state index in [2.05, 4.69) is 10.1 Å². The number of hydrogen-bond donors (Lipinski definition) is 2. The maximum Gasteiger partial charge on any atom is 0.349 e. The third kappa shape index (κ3) is 4.71. The first-order chi connectivity index (χ1) is 16.1. The van der Waals surface area contributed by atoms with Crippen molar-refractivity contribution in [2.45, 2.75) is 11.8 Å². The van der Waals surface area contributed by atoms with Gasteiger partial charge in [-0.25, -0.2) is 13.2 Å². The number of benzene rings is 2. The number of rotatable bonds is 5. The van der Waals surface area contributed by atoms with Gasteiger partial charge in [-0.2, -0.15) is 14.1 Å². The van der Waals surface area contributed by atoms with Gasteiger partial charge in [-0.05, 0) is 43.8 Å². The van der Waals surface area contributed by atoms with Gasteiger partial charge in [-0.1, -0.05) is 11.6 Å². The quantitative estimate of drug-likeness (QED) is 0.527. The zero-order valence-electron chi connectivity index (χ0n) is 18.4. The summed E-state index contributed by atoms with van der Waals surface area (Å²) in [6, 6.07) is 6.94. The minimum absolute atomic E-state index is 0.131. The monoisotopic (exact) mass is 507 g/mol. The lowest BCUT2D eigenvalue weighted by Gasteiger charge is -2.31. The molecule has 0 spiro atoms. The highest BCUT2D eigenvalue weighted by Gasteiger charge is 2.30. The van der Waals surface area contributed by atoms with Crippen LogP contribution in [0.2, 0.25) is 5.02 Å². The van der Waals surface area contributed by atoms with E-state index in [1.807, 2.05) is 11.9 Å². The summed E-state index contributed by atoms with van der Waals surface area (Å²) < 4.78 is 34.4. The minimum Gasteiger partial charge on any atom is -0.507 e. The maximum absolute atomic E-state index is 13.1. The number of phenolic OH excluding ortho intramolecular Hbond substituents is 1. The third-order valence-electron chi connectivity index (χ3n) is 5.40. The lowest BCUT2D eigenvalue weighted by atomic mass is 10.2. The minimum atomic E-state index is -3.93. The lowest BCUT2D eigenvalue weighted by Crippen LogP contribution is -2.47. The molecular formula is C21H22ClN5O6S. The fourth-order valence-electron chi connectivity index (χ4n) is 3.55. The van der Waals surface area contributed by atoms with Crippen molar-refractivity contribution in [3.8, 4) is 22.9 Å². The van der Waals surface area contributed by atoms with Crippen LogP contribution in [-0.4, -0.2) is 70.7 Å². The highest BCUT2D eigenvalue weighted by molar-refractivity contribution is 7.89. The van der Waals surface area contributed by atoms with Crippen LogP contribution in [0.15, 0.2) is 51.0 Å². The molecule has 180 valence electrons. The molecule has 11 nitrogen and oxygen atoms in total. The maximum atomic E-state index is 13.1. The summed E-state index contributed by atoms with van der Waals surface area (Å²) in [5.41, 5.74) is -0.522. The van der Waals surface area contributed by atoms with Crippen molar-refractivity contribution in [2.75, 3.05) is 33.2 Å². The van der Waals surface area contributed by atoms with Crippen LogP contribution in [0.1, 0.15) is 5.56 Å². The van der Waals surface area contributed by atoms with Gasteiger partial charge in [0.1, 0.15) is 28.3 Å². The Bertz CT molecular complexity index is 1440. The molecule has 1 aliphatic rings. The van der Waals surface area contributed by atoms with Crippen LogP contribution in [0.5, 0.6) is 17.2 Å². The smallest absolute Gasteiger partial charge is 0.349 e. The Balaban J connectivity index is 1.66. The number of halogens is 1. The van der Waals surface area contributed by atoms with Crippen molar-refractivity contribution in [3.63, 3.8) is 0 Å². The molecular weight excluding hydrogens is 486 g/mol. The number of aryl methyl sites for hydroxylation is 1. The molecule has 0 unspecified atom stereocenters. The van der Waals surface area contributed by atoms with Crippen molar-refractivity contribution < 1.29 is 18.3 Å².